The summed E-state index contributed by atoms with van der Waals surface area (Å²) in [4.78, 5) is 16.2. The summed E-state index contributed by atoms with van der Waals surface area (Å²) >= 11 is 3.33. The number of furan rings is 1. The number of amides is 1. The SMILES string of the molecule is CNC(=O)c1c(-c2ccc(C(F)F)nc2)oc2cc(N(C)S(C)(=O)=O)c(Br)cc12. The normalized spacial score (nSPS) is 11.8. The first-order chi connectivity index (χ1) is 13.5. The number of carbonyl (C=O) groups is 1. The van der Waals surface area contributed by atoms with Crippen molar-refractivity contribution in [1.29, 1.82) is 0 Å². The molecule has 154 valence electrons. The Bertz CT molecular complexity index is 1190. The first kappa shape index (κ1) is 21.2. The van der Waals surface area contributed by atoms with Gasteiger partial charge in [-0.2, -0.15) is 0 Å². The first-order valence-corrected chi connectivity index (χ1v) is 10.8. The number of hydrogen-bond acceptors (Lipinski definition) is 5. The van der Waals surface area contributed by atoms with Gasteiger partial charge in [0.25, 0.3) is 12.3 Å². The Morgan fingerprint density at radius 3 is 2.52 bits per heavy atom. The quantitative estimate of drug-likeness (QED) is 0.587. The van der Waals surface area contributed by atoms with E-state index in [4.69, 9.17) is 4.42 Å². The highest BCUT2D eigenvalue weighted by Crippen LogP contribution is 2.39. The lowest BCUT2D eigenvalue weighted by Crippen LogP contribution is -2.25. The Hall–Kier alpha value is -2.53. The lowest BCUT2D eigenvalue weighted by molar-refractivity contribution is 0.0964. The second-order valence-electron chi connectivity index (χ2n) is 6.19. The minimum atomic E-state index is -3.54. The van der Waals surface area contributed by atoms with Gasteiger partial charge in [0, 0.05) is 41.8 Å². The second-order valence-corrected chi connectivity index (χ2v) is 9.06. The van der Waals surface area contributed by atoms with Crippen molar-refractivity contribution in [3.05, 3.63) is 46.2 Å². The summed E-state index contributed by atoms with van der Waals surface area (Å²) in [6.45, 7) is 0. The fourth-order valence-corrected chi connectivity index (χ4v) is 3.98. The van der Waals surface area contributed by atoms with E-state index in [-0.39, 0.29) is 16.9 Å². The Labute approximate surface area is 173 Å². The number of aromatic nitrogens is 1. The van der Waals surface area contributed by atoms with E-state index in [1.807, 2.05) is 0 Å². The highest BCUT2D eigenvalue weighted by Gasteiger charge is 2.25. The van der Waals surface area contributed by atoms with Crippen molar-refractivity contribution in [2.24, 2.45) is 0 Å². The molecular weight excluding hydrogens is 472 g/mol. The largest absolute Gasteiger partial charge is 0.455 e. The summed E-state index contributed by atoms with van der Waals surface area (Å²) < 4.78 is 56.7. The van der Waals surface area contributed by atoms with Crippen molar-refractivity contribution in [1.82, 2.24) is 10.3 Å². The van der Waals surface area contributed by atoms with Gasteiger partial charge in [0.05, 0.1) is 17.5 Å². The third kappa shape index (κ3) is 3.97. The molecule has 11 heteroatoms. The molecule has 0 bridgehead atoms. The Kier molecular flexibility index (Phi) is 5.63. The molecule has 3 aromatic rings. The van der Waals surface area contributed by atoms with Crippen LogP contribution in [0.4, 0.5) is 14.5 Å². The average molecular weight is 488 g/mol. The van der Waals surface area contributed by atoms with Crippen molar-refractivity contribution < 1.29 is 26.4 Å². The molecule has 0 unspecified atom stereocenters. The van der Waals surface area contributed by atoms with Gasteiger partial charge in [0.1, 0.15) is 17.0 Å². The van der Waals surface area contributed by atoms with Crippen LogP contribution in [0.2, 0.25) is 0 Å². The molecule has 3 rings (SSSR count). The summed E-state index contributed by atoms with van der Waals surface area (Å²) in [5.74, 6) is -0.313. The molecule has 0 aliphatic carbocycles. The molecule has 0 fully saturated rings. The second kappa shape index (κ2) is 7.71. The van der Waals surface area contributed by atoms with Crippen LogP contribution in [0, 0.1) is 0 Å². The Balaban J connectivity index is 2.26. The number of nitrogens with zero attached hydrogens (tertiary/aromatic N) is 2. The minimum Gasteiger partial charge on any atom is -0.455 e. The van der Waals surface area contributed by atoms with E-state index in [9.17, 15) is 22.0 Å². The van der Waals surface area contributed by atoms with Crippen LogP contribution in [0.1, 0.15) is 22.5 Å². The van der Waals surface area contributed by atoms with E-state index in [1.54, 1.807) is 6.07 Å². The van der Waals surface area contributed by atoms with E-state index < -0.39 is 28.0 Å². The fraction of sp³-hybridized carbons (Fsp3) is 0.222. The highest BCUT2D eigenvalue weighted by atomic mass is 79.9. The standard InChI is InChI=1S/C18H16BrF2N3O4S/c1-22-18(25)15-10-6-11(19)13(24(2)29(3,26)27)7-14(10)28-16(15)9-4-5-12(17(20)21)23-8-9/h4-8,17H,1-3H3,(H,22,25). The fourth-order valence-electron chi connectivity index (χ4n) is 2.75. The smallest absolute Gasteiger partial charge is 0.280 e. The molecule has 0 spiro atoms. The van der Waals surface area contributed by atoms with Crippen LogP contribution in [0.25, 0.3) is 22.3 Å². The maximum absolute atomic E-state index is 12.8. The van der Waals surface area contributed by atoms with Crippen molar-refractivity contribution in [3.8, 4) is 11.3 Å². The van der Waals surface area contributed by atoms with Crippen LogP contribution in [0.15, 0.2) is 39.4 Å². The number of pyridine rings is 1. The maximum atomic E-state index is 12.8. The van der Waals surface area contributed by atoms with Gasteiger partial charge in [0.2, 0.25) is 10.0 Å². The number of hydrogen-bond donors (Lipinski definition) is 1. The zero-order chi connectivity index (χ0) is 21.5. The summed E-state index contributed by atoms with van der Waals surface area (Å²) in [7, 11) is -0.700. The lowest BCUT2D eigenvalue weighted by atomic mass is 10.1. The summed E-state index contributed by atoms with van der Waals surface area (Å²) in [6, 6.07) is 5.60. The summed E-state index contributed by atoms with van der Waals surface area (Å²) in [5, 5.41) is 2.95. The molecule has 1 amide bonds. The number of anilines is 1. The van der Waals surface area contributed by atoms with Gasteiger partial charge >= 0.3 is 0 Å². The number of alkyl halides is 2. The van der Waals surface area contributed by atoms with Crippen molar-refractivity contribution in [2.45, 2.75) is 6.43 Å². The highest BCUT2D eigenvalue weighted by molar-refractivity contribution is 9.10. The monoisotopic (exact) mass is 487 g/mol. The molecule has 0 saturated carbocycles. The molecule has 2 aromatic heterocycles. The topological polar surface area (TPSA) is 92.5 Å². The molecule has 7 nitrogen and oxygen atoms in total. The van der Waals surface area contributed by atoms with Crippen LogP contribution in [-0.2, 0) is 10.0 Å². The van der Waals surface area contributed by atoms with E-state index in [1.165, 1.54) is 32.4 Å². The maximum Gasteiger partial charge on any atom is 0.280 e. The van der Waals surface area contributed by atoms with E-state index in [2.05, 4.69) is 26.2 Å². The molecule has 1 N–H and O–H groups in total. The van der Waals surface area contributed by atoms with E-state index in [0.717, 1.165) is 16.6 Å². The number of nitrogens with one attached hydrogen (secondary N) is 1. The molecule has 0 radical (unpaired) electrons. The summed E-state index contributed by atoms with van der Waals surface area (Å²) in [6.07, 6.45) is -0.462. The number of benzene rings is 1. The minimum absolute atomic E-state index is 0.138. The number of halogens is 3. The lowest BCUT2D eigenvalue weighted by Gasteiger charge is -2.18. The molecule has 29 heavy (non-hydrogen) atoms. The zero-order valence-electron chi connectivity index (χ0n) is 15.5. The predicted molar refractivity (Wildman–Crippen MR) is 109 cm³/mol. The third-order valence-corrected chi connectivity index (χ3v) is 6.15. The third-order valence-electron chi connectivity index (χ3n) is 4.32. The molecule has 0 aliphatic rings. The van der Waals surface area contributed by atoms with Crippen LogP contribution < -0.4 is 9.62 Å². The van der Waals surface area contributed by atoms with Gasteiger partial charge < -0.3 is 9.73 Å². The van der Waals surface area contributed by atoms with Gasteiger partial charge in [-0.1, -0.05) is 0 Å². The van der Waals surface area contributed by atoms with Crippen molar-refractivity contribution >= 4 is 48.5 Å². The van der Waals surface area contributed by atoms with Crippen molar-refractivity contribution in [3.63, 3.8) is 0 Å². The molecule has 0 atom stereocenters. The molecule has 0 saturated heterocycles. The number of fused-ring (bicyclic) bond motifs is 1. The summed E-state index contributed by atoms with van der Waals surface area (Å²) in [5.41, 5.74) is 0.688. The molecule has 2 heterocycles. The number of rotatable bonds is 5. The van der Waals surface area contributed by atoms with E-state index >= 15 is 0 Å². The Morgan fingerprint density at radius 1 is 1.31 bits per heavy atom. The van der Waals surface area contributed by atoms with Crippen LogP contribution in [0.5, 0.6) is 0 Å². The molecule has 1 aromatic carbocycles. The average Bonchev–Trinajstić information content (AvgIpc) is 3.03. The zero-order valence-corrected chi connectivity index (χ0v) is 17.9. The van der Waals surface area contributed by atoms with Gasteiger partial charge in [0.15, 0.2) is 0 Å². The Morgan fingerprint density at radius 2 is 2.00 bits per heavy atom. The van der Waals surface area contributed by atoms with Gasteiger partial charge in [-0.25, -0.2) is 17.2 Å². The van der Waals surface area contributed by atoms with Crippen LogP contribution >= 0.6 is 15.9 Å². The molecule has 0 aliphatic heterocycles. The number of carbonyl (C=O) groups excluding carboxylic acids is 1. The van der Waals surface area contributed by atoms with Gasteiger partial charge in [-0.05, 0) is 34.1 Å². The van der Waals surface area contributed by atoms with E-state index in [0.29, 0.717) is 21.1 Å². The van der Waals surface area contributed by atoms with Crippen LogP contribution in [-0.4, -0.2) is 39.7 Å². The number of sulfonamides is 1. The van der Waals surface area contributed by atoms with Gasteiger partial charge in [-0.3, -0.25) is 14.1 Å². The first-order valence-electron chi connectivity index (χ1n) is 8.21. The van der Waals surface area contributed by atoms with Crippen molar-refractivity contribution in [2.75, 3.05) is 24.7 Å². The van der Waals surface area contributed by atoms with Gasteiger partial charge in [-0.15, -0.1) is 0 Å². The molecular formula is C18H16BrF2N3O4S. The predicted octanol–water partition coefficient (Wildman–Crippen LogP) is 3.95. The van der Waals surface area contributed by atoms with Crippen LogP contribution in [0.3, 0.4) is 0 Å².